The zero-order valence-electron chi connectivity index (χ0n) is 17.3. The van der Waals surface area contributed by atoms with Crippen LogP contribution in [0.5, 0.6) is 0 Å². The highest BCUT2D eigenvalue weighted by molar-refractivity contribution is 5.96. The minimum absolute atomic E-state index is 0.0234. The van der Waals surface area contributed by atoms with Crippen molar-refractivity contribution < 1.29 is 4.79 Å². The number of rotatable bonds is 5. The van der Waals surface area contributed by atoms with Crippen molar-refractivity contribution in [1.29, 1.82) is 0 Å². The van der Waals surface area contributed by atoms with Crippen LogP contribution in [-0.2, 0) is 0 Å². The molecule has 0 saturated heterocycles. The number of nitrogens with zero attached hydrogens (tertiary/aromatic N) is 1. The van der Waals surface area contributed by atoms with Gasteiger partial charge in [0.2, 0.25) is 0 Å². The lowest BCUT2D eigenvalue weighted by molar-refractivity contribution is 0.0765. The molecule has 0 bridgehead atoms. The maximum Gasteiger partial charge on any atom is 0.252 e. The van der Waals surface area contributed by atoms with Crippen LogP contribution >= 0.6 is 0 Å². The largest absolute Gasteiger partial charge is 0.343 e. The van der Waals surface area contributed by atoms with E-state index in [9.17, 15) is 4.79 Å². The summed E-state index contributed by atoms with van der Waals surface area (Å²) >= 11 is 0. The van der Waals surface area contributed by atoms with Crippen LogP contribution < -0.4 is 5.32 Å². The highest BCUT2D eigenvalue weighted by atomic mass is 16.1. The molecule has 2 aromatic rings. The summed E-state index contributed by atoms with van der Waals surface area (Å²) in [7, 11) is 4.30. The zero-order valence-corrected chi connectivity index (χ0v) is 17.3. The van der Waals surface area contributed by atoms with E-state index in [1.54, 1.807) is 0 Å². The summed E-state index contributed by atoms with van der Waals surface area (Å²) in [5.74, 6) is 0.0255. The third-order valence-corrected chi connectivity index (χ3v) is 6.61. The SMILES string of the molecule is Cc1ccc(C(=O)NC(c2ccccc2)C2(N(C)C)CCCC2)c(C)c1C. The fraction of sp³-hybridized carbons (Fsp3) is 0.458. The molecule has 0 spiro atoms. The Morgan fingerprint density at radius 1 is 0.963 bits per heavy atom. The second-order valence-electron chi connectivity index (χ2n) is 8.20. The summed E-state index contributed by atoms with van der Waals surface area (Å²) in [4.78, 5) is 15.6. The van der Waals surface area contributed by atoms with Crippen LogP contribution in [0.2, 0.25) is 0 Å². The van der Waals surface area contributed by atoms with Crippen LogP contribution in [0.4, 0.5) is 0 Å². The van der Waals surface area contributed by atoms with Crippen molar-refractivity contribution in [2.24, 2.45) is 0 Å². The molecule has 1 atom stereocenters. The number of amides is 1. The number of carbonyl (C=O) groups excluding carboxylic acids is 1. The Morgan fingerprint density at radius 2 is 1.59 bits per heavy atom. The van der Waals surface area contributed by atoms with Crippen LogP contribution in [0.25, 0.3) is 0 Å². The van der Waals surface area contributed by atoms with Crippen molar-refractivity contribution in [2.45, 2.75) is 58.0 Å². The van der Waals surface area contributed by atoms with Crippen molar-refractivity contribution >= 4 is 5.91 Å². The maximum absolute atomic E-state index is 13.3. The van der Waals surface area contributed by atoms with Gasteiger partial charge in [-0.3, -0.25) is 4.79 Å². The van der Waals surface area contributed by atoms with Gasteiger partial charge in [0, 0.05) is 11.1 Å². The Labute approximate surface area is 163 Å². The maximum atomic E-state index is 13.3. The second-order valence-corrected chi connectivity index (χ2v) is 8.20. The average Bonchev–Trinajstić information content (AvgIpc) is 3.16. The summed E-state index contributed by atoms with van der Waals surface area (Å²) in [5.41, 5.74) is 5.43. The number of likely N-dealkylation sites (N-methyl/N-ethyl adjacent to an activating group) is 1. The molecule has 3 nitrogen and oxygen atoms in total. The number of carbonyl (C=O) groups is 1. The molecule has 0 aromatic heterocycles. The van der Waals surface area contributed by atoms with E-state index in [4.69, 9.17) is 0 Å². The Morgan fingerprint density at radius 3 is 2.19 bits per heavy atom. The van der Waals surface area contributed by atoms with Gasteiger partial charge in [-0.2, -0.15) is 0 Å². The molecule has 1 amide bonds. The number of benzene rings is 2. The molecule has 0 radical (unpaired) electrons. The number of hydrogen-bond donors (Lipinski definition) is 1. The monoisotopic (exact) mass is 364 g/mol. The third-order valence-electron chi connectivity index (χ3n) is 6.61. The Balaban J connectivity index is 2.00. The van der Waals surface area contributed by atoms with E-state index in [0.29, 0.717) is 0 Å². The third kappa shape index (κ3) is 3.66. The first kappa shape index (κ1) is 19.6. The summed E-state index contributed by atoms with van der Waals surface area (Å²) in [5, 5.41) is 3.42. The summed E-state index contributed by atoms with van der Waals surface area (Å²) in [6.45, 7) is 6.23. The lowest BCUT2D eigenvalue weighted by atomic mass is 9.82. The average molecular weight is 365 g/mol. The summed E-state index contributed by atoms with van der Waals surface area (Å²) in [6, 6.07) is 14.4. The molecule has 2 aromatic carbocycles. The van der Waals surface area contributed by atoms with Gasteiger partial charge in [-0.05, 0) is 76.0 Å². The van der Waals surface area contributed by atoms with Gasteiger partial charge in [-0.15, -0.1) is 0 Å². The van der Waals surface area contributed by atoms with Crippen LogP contribution in [0.1, 0.15) is 64.3 Å². The Hall–Kier alpha value is -2.13. The molecular weight excluding hydrogens is 332 g/mol. The second kappa shape index (κ2) is 7.85. The Bertz CT molecular complexity index is 805. The molecule has 1 fully saturated rings. The van der Waals surface area contributed by atoms with E-state index >= 15 is 0 Å². The molecule has 3 rings (SSSR count). The first-order valence-corrected chi connectivity index (χ1v) is 9.97. The fourth-order valence-corrected chi connectivity index (χ4v) is 4.57. The zero-order chi connectivity index (χ0) is 19.6. The molecule has 0 aliphatic heterocycles. The van der Waals surface area contributed by atoms with E-state index in [-0.39, 0.29) is 17.5 Å². The lowest BCUT2D eigenvalue weighted by Gasteiger charge is -2.44. The van der Waals surface area contributed by atoms with Crippen molar-refractivity contribution in [3.05, 3.63) is 70.3 Å². The molecule has 1 N–H and O–H groups in total. The molecule has 1 aliphatic rings. The first-order valence-electron chi connectivity index (χ1n) is 9.97. The fourth-order valence-electron chi connectivity index (χ4n) is 4.57. The van der Waals surface area contributed by atoms with Gasteiger partial charge >= 0.3 is 0 Å². The molecular formula is C24H32N2O. The van der Waals surface area contributed by atoms with Gasteiger partial charge in [-0.25, -0.2) is 0 Å². The molecule has 144 valence electrons. The van der Waals surface area contributed by atoms with Crippen molar-refractivity contribution in [3.8, 4) is 0 Å². The van der Waals surface area contributed by atoms with Gasteiger partial charge < -0.3 is 10.2 Å². The first-order chi connectivity index (χ1) is 12.9. The minimum atomic E-state index is -0.0370. The number of aryl methyl sites for hydroxylation is 1. The highest BCUT2D eigenvalue weighted by Crippen LogP contribution is 2.43. The lowest BCUT2D eigenvalue weighted by Crippen LogP contribution is -2.53. The summed E-state index contributed by atoms with van der Waals surface area (Å²) in [6.07, 6.45) is 4.62. The van der Waals surface area contributed by atoms with Gasteiger partial charge in [0.25, 0.3) is 5.91 Å². The van der Waals surface area contributed by atoms with Crippen LogP contribution in [0.3, 0.4) is 0 Å². The van der Waals surface area contributed by atoms with Crippen molar-refractivity contribution in [3.63, 3.8) is 0 Å². The molecule has 27 heavy (non-hydrogen) atoms. The number of hydrogen-bond acceptors (Lipinski definition) is 2. The topological polar surface area (TPSA) is 32.3 Å². The summed E-state index contributed by atoms with van der Waals surface area (Å²) < 4.78 is 0. The minimum Gasteiger partial charge on any atom is -0.343 e. The van der Waals surface area contributed by atoms with Crippen molar-refractivity contribution in [2.75, 3.05) is 14.1 Å². The molecule has 3 heteroatoms. The predicted octanol–water partition coefficient (Wildman–Crippen LogP) is 4.96. The van der Waals surface area contributed by atoms with E-state index in [1.165, 1.54) is 29.5 Å². The molecule has 1 unspecified atom stereocenters. The molecule has 1 saturated carbocycles. The van der Waals surface area contributed by atoms with Gasteiger partial charge in [0.15, 0.2) is 0 Å². The Kier molecular flexibility index (Phi) is 5.71. The quantitative estimate of drug-likeness (QED) is 0.813. The van der Waals surface area contributed by atoms with E-state index in [0.717, 1.165) is 24.0 Å². The van der Waals surface area contributed by atoms with Gasteiger partial charge in [0.05, 0.1) is 6.04 Å². The van der Waals surface area contributed by atoms with Gasteiger partial charge in [-0.1, -0.05) is 49.2 Å². The van der Waals surface area contributed by atoms with E-state index in [1.807, 2.05) is 25.1 Å². The standard InChI is InChI=1S/C24H32N2O/c1-17-13-14-21(19(3)18(17)2)23(27)25-22(20-11-7-6-8-12-20)24(26(4)5)15-9-10-16-24/h6-8,11-14,22H,9-10,15-16H2,1-5H3,(H,25,27). The van der Waals surface area contributed by atoms with E-state index in [2.05, 4.69) is 62.4 Å². The number of nitrogens with one attached hydrogen (secondary N) is 1. The van der Waals surface area contributed by atoms with E-state index < -0.39 is 0 Å². The highest BCUT2D eigenvalue weighted by Gasteiger charge is 2.44. The van der Waals surface area contributed by atoms with Crippen LogP contribution in [-0.4, -0.2) is 30.4 Å². The molecule has 1 aliphatic carbocycles. The van der Waals surface area contributed by atoms with Crippen LogP contribution in [0, 0.1) is 20.8 Å². The predicted molar refractivity (Wildman–Crippen MR) is 112 cm³/mol. The van der Waals surface area contributed by atoms with Gasteiger partial charge in [0.1, 0.15) is 0 Å². The van der Waals surface area contributed by atoms with Crippen LogP contribution in [0.15, 0.2) is 42.5 Å². The van der Waals surface area contributed by atoms with Crippen molar-refractivity contribution in [1.82, 2.24) is 10.2 Å². The normalized spacial score (nSPS) is 17.1. The molecule has 0 heterocycles. The smallest absolute Gasteiger partial charge is 0.252 e.